The van der Waals surface area contributed by atoms with Crippen molar-refractivity contribution < 1.29 is 14.4 Å². The number of hydrogen-bond acceptors (Lipinski definition) is 6. The van der Waals surface area contributed by atoms with Gasteiger partial charge in [-0.05, 0) is 37.5 Å². The van der Waals surface area contributed by atoms with Crippen molar-refractivity contribution in [1.82, 2.24) is 15.1 Å². The van der Waals surface area contributed by atoms with Crippen molar-refractivity contribution in [3.05, 3.63) is 39.9 Å². The van der Waals surface area contributed by atoms with E-state index < -0.39 is 0 Å². The number of aromatic nitrogens is 2. The normalized spacial score (nSPS) is 16.1. The molecule has 1 fully saturated rings. The Morgan fingerprint density at radius 1 is 1.23 bits per heavy atom. The summed E-state index contributed by atoms with van der Waals surface area (Å²) < 4.78 is 0. The summed E-state index contributed by atoms with van der Waals surface area (Å²) in [4.78, 5) is 38.6. The third kappa shape index (κ3) is 3.01. The highest BCUT2D eigenvalue weighted by Crippen LogP contribution is 2.42. The number of nitrogens with zero attached hydrogens (tertiary/aromatic N) is 3. The lowest BCUT2D eigenvalue weighted by Crippen LogP contribution is -2.30. The number of carbonyl (C=O) groups excluding carboxylic acids is 3. The first-order valence-electron chi connectivity index (χ1n) is 8.73. The highest BCUT2D eigenvalue weighted by Gasteiger charge is 2.35. The van der Waals surface area contributed by atoms with Crippen LogP contribution in [0.2, 0.25) is 0 Å². The maximum absolute atomic E-state index is 12.5. The maximum Gasteiger partial charge on any atom is 0.261 e. The van der Waals surface area contributed by atoms with E-state index in [0.717, 1.165) is 30.7 Å². The van der Waals surface area contributed by atoms with Gasteiger partial charge in [0.2, 0.25) is 5.13 Å². The molecular formula is C18H18N4O3S. The molecule has 3 amide bonds. The Morgan fingerprint density at radius 2 is 2.00 bits per heavy atom. The van der Waals surface area contributed by atoms with Crippen molar-refractivity contribution in [1.29, 1.82) is 0 Å². The molecule has 0 atom stereocenters. The Bertz CT molecular complexity index is 904. The third-order valence-corrected chi connectivity index (χ3v) is 5.56. The summed E-state index contributed by atoms with van der Waals surface area (Å²) in [6, 6.07) is 4.59. The summed E-state index contributed by atoms with van der Waals surface area (Å²) in [7, 11) is 0. The molecule has 0 spiro atoms. The zero-order valence-corrected chi connectivity index (χ0v) is 15.1. The molecule has 1 aliphatic carbocycles. The lowest BCUT2D eigenvalue weighted by molar-refractivity contribution is 0.0652. The topological polar surface area (TPSA) is 92.3 Å². The lowest BCUT2D eigenvalue weighted by atomic mass is 10.1. The quantitative estimate of drug-likeness (QED) is 0.789. The van der Waals surface area contributed by atoms with Gasteiger partial charge in [0, 0.05) is 18.0 Å². The monoisotopic (exact) mass is 370 g/mol. The second-order valence-corrected chi connectivity index (χ2v) is 7.56. The van der Waals surface area contributed by atoms with E-state index in [-0.39, 0.29) is 23.3 Å². The number of carbonyl (C=O) groups is 3. The first kappa shape index (κ1) is 16.8. The minimum absolute atomic E-state index is 0.287. The number of rotatable bonds is 6. The third-order valence-electron chi connectivity index (χ3n) is 4.56. The van der Waals surface area contributed by atoms with E-state index in [1.807, 2.05) is 6.92 Å². The van der Waals surface area contributed by atoms with Gasteiger partial charge in [-0.1, -0.05) is 24.7 Å². The van der Waals surface area contributed by atoms with Crippen LogP contribution in [-0.2, 0) is 0 Å². The molecule has 8 heteroatoms. The van der Waals surface area contributed by atoms with Crippen LogP contribution in [0, 0.1) is 0 Å². The Labute approximate surface area is 154 Å². The van der Waals surface area contributed by atoms with Crippen molar-refractivity contribution in [3.63, 3.8) is 0 Å². The fourth-order valence-corrected chi connectivity index (χ4v) is 3.81. The highest BCUT2D eigenvalue weighted by molar-refractivity contribution is 7.15. The van der Waals surface area contributed by atoms with Gasteiger partial charge in [-0.25, -0.2) is 0 Å². The Hall–Kier alpha value is -2.61. The molecule has 1 N–H and O–H groups in total. The van der Waals surface area contributed by atoms with E-state index in [0.29, 0.717) is 28.7 Å². The molecule has 2 heterocycles. The summed E-state index contributed by atoms with van der Waals surface area (Å²) in [5, 5.41) is 12.2. The van der Waals surface area contributed by atoms with Gasteiger partial charge < -0.3 is 0 Å². The molecule has 0 unspecified atom stereocenters. The maximum atomic E-state index is 12.5. The van der Waals surface area contributed by atoms with E-state index in [2.05, 4.69) is 15.5 Å². The molecule has 1 aliphatic heterocycles. The SMILES string of the molecule is CCCCN1C(=O)c2ccc(C(=O)Nc3nnc(C4CC4)s3)cc2C1=O. The molecule has 2 aliphatic rings. The van der Waals surface area contributed by atoms with Gasteiger partial charge >= 0.3 is 0 Å². The van der Waals surface area contributed by atoms with Crippen molar-refractivity contribution in [2.45, 2.75) is 38.5 Å². The van der Waals surface area contributed by atoms with Gasteiger partial charge in [0.15, 0.2) is 0 Å². The molecule has 7 nitrogen and oxygen atoms in total. The zero-order chi connectivity index (χ0) is 18.3. The largest absolute Gasteiger partial charge is 0.296 e. The predicted molar refractivity (Wildman–Crippen MR) is 96.6 cm³/mol. The number of anilines is 1. The van der Waals surface area contributed by atoms with E-state index >= 15 is 0 Å². The highest BCUT2D eigenvalue weighted by atomic mass is 32.1. The van der Waals surface area contributed by atoms with Crippen LogP contribution < -0.4 is 5.32 Å². The number of fused-ring (bicyclic) bond motifs is 1. The summed E-state index contributed by atoms with van der Waals surface area (Å²) in [6.07, 6.45) is 3.90. The van der Waals surface area contributed by atoms with Crippen molar-refractivity contribution in [3.8, 4) is 0 Å². The lowest BCUT2D eigenvalue weighted by Gasteiger charge is -2.12. The number of nitrogens with one attached hydrogen (secondary N) is 1. The molecule has 134 valence electrons. The number of unbranched alkanes of at least 4 members (excludes halogenated alkanes) is 1. The molecular weight excluding hydrogens is 352 g/mol. The van der Waals surface area contributed by atoms with Gasteiger partial charge in [0.1, 0.15) is 5.01 Å². The zero-order valence-electron chi connectivity index (χ0n) is 14.3. The van der Waals surface area contributed by atoms with Crippen LogP contribution in [-0.4, -0.2) is 39.4 Å². The summed E-state index contributed by atoms with van der Waals surface area (Å²) in [6.45, 7) is 2.40. The molecule has 0 radical (unpaired) electrons. The molecule has 0 bridgehead atoms. The minimum Gasteiger partial charge on any atom is -0.296 e. The molecule has 1 saturated carbocycles. The Kier molecular flexibility index (Phi) is 4.28. The summed E-state index contributed by atoms with van der Waals surface area (Å²) in [5.74, 6) is -0.502. The Morgan fingerprint density at radius 3 is 2.73 bits per heavy atom. The Balaban J connectivity index is 1.52. The van der Waals surface area contributed by atoms with E-state index in [9.17, 15) is 14.4 Å². The first-order valence-corrected chi connectivity index (χ1v) is 9.55. The summed E-state index contributed by atoms with van der Waals surface area (Å²) in [5.41, 5.74) is 0.967. The van der Waals surface area contributed by atoms with Crippen LogP contribution in [0.25, 0.3) is 0 Å². The van der Waals surface area contributed by atoms with Gasteiger partial charge in [-0.2, -0.15) is 0 Å². The smallest absolute Gasteiger partial charge is 0.261 e. The molecule has 0 saturated heterocycles. The second kappa shape index (κ2) is 6.60. The first-order chi connectivity index (χ1) is 12.6. The van der Waals surface area contributed by atoms with Gasteiger partial charge in [0.25, 0.3) is 17.7 Å². The van der Waals surface area contributed by atoms with E-state index in [4.69, 9.17) is 0 Å². The average molecular weight is 370 g/mol. The van der Waals surface area contributed by atoms with Crippen LogP contribution in [0.1, 0.15) is 74.6 Å². The van der Waals surface area contributed by atoms with Crippen molar-refractivity contribution >= 4 is 34.2 Å². The van der Waals surface area contributed by atoms with E-state index in [1.54, 1.807) is 12.1 Å². The van der Waals surface area contributed by atoms with Gasteiger partial charge in [-0.15, -0.1) is 10.2 Å². The van der Waals surface area contributed by atoms with Gasteiger partial charge in [0.05, 0.1) is 11.1 Å². The number of amides is 3. The number of benzene rings is 1. The molecule has 4 rings (SSSR count). The van der Waals surface area contributed by atoms with Crippen LogP contribution in [0.15, 0.2) is 18.2 Å². The van der Waals surface area contributed by atoms with Crippen LogP contribution in [0.3, 0.4) is 0 Å². The van der Waals surface area contributed by atoms with Gasteiger partial charge in [-0.3, -0.25) is 24.6 Å². The van der Waals surface area contributed by atoms with Crippen LogP contribution >= 0.6 is 11.3 Å². The standard InChI is InChI=1S/C18H18N4O3S/c1-2-3-8-22-16(24)12-7-6-11(9-13(12)17(22)25)14(23)19-18-21-20-15(26-18)10-4-5-10/h6-7,9-10H,2-5,8H2,1H3,(H,19,21,23). The second-order valence-electron chi connectivity index (χ2n) is 6.55. The average Bonchev–Trinajstić information content (AvgIpc) is 3.35. The fourth-order valence-electron chi connectivity index (χ4n) is 2.90. The molecule has 1 aromatic heterocycles. The summed E-state index contributed by atoms with van der Waals surface area (Å²) >= 11 is 1.38. The minimum atomic E-state index is -0.362. The predicted octanol–water partition coefficient (Wildman–Crippen LogP) is 3.06. The van der Waals surface area contributed by atoms with E-state index in [1.165, 1.54) is 22.3 Å². The van der Waals surface area contributed by atoms with Crippen molar-refractivity contribution in [2.24, 2.45) is 0 Å². The van der Waals surface area contributed by atoms with Crippen LogP contribution in [0.5, 0.6) is 0 Å². The molecule has 26 heavy (non-hydrogen) atoms. The van der Waals surface area contributed by atoms with Crippen molar-refractivity contribution in [2.75, 3.05) is 11.9 Å². The molecule has 1 aromatic carbocycles. The fraction of sp³-hybridized carbons (Fsp3) is 0.389. The molecule has 2 aromatic rings. The number of imide groups is 1. The van der Waals surface area contributed by atoms with Crippen LogP contribution in [0.4, 0.5) is 5.13 Å². The number of hydrogen-bond donors (Lipinski definition) is 1.